The number of hydrogen-bond donors (Lipinski definition) is 1. The van der Waals surface area contributed by atoms with Crippen molar-refractivity contribution in [1.29, 1.82) is 0 Å². The first kappa shape index (κ1) is 17.9. The Balaban J connectivity index is 1.94. The van der Waals surface area contributed by atoms with Crippen LogP contribution in [0.3, 0.4) is 0 Å². The third kappa shape index (κ3) is 5.62. The normalized spacial score (nSPS) is 22.1. The highest BCUT2D eigenvalue weighted by Crippen LogP contribution is 2.22. The summed E-state index contributed by atoms with van der Waals surface area (Å²) in [5.41, 5.74) is 1.71. The van der Waals surface area contributed by atoms with E-state index in [1.807, 2.05) is 29.2 Å². The summed E-state index contributed by atoms with van der Waals surface area (Å²) in [6.07, 6.45) is 2.94. The number of likely N-dealkylation sites (tertiary alicyclic amines) is 1. The number of benzene rings is 1. The SMILES string of the molecule is C[C@@H]1C[C@@H](C)CN(C(=O)c2ccc(CCNS(C)(=O)=O)cc2)C1. The Morgan fingerprint density at radius 2 is 1.74 bits per heavy atom. The predicted octanol–water partition coefficient (Wildman–Crippen LogP) is 1.90. The molecule has 0 bridgehead atoms. The smallest absolute Gasteiger partial charge is 0.253 e. The van der Waals surface area contributed by atoms with Gasteiger partial charge in [0.05, 0.1) is 6.26 Å². The summed E-state index contributed by atoms with van der Waals surface area (Å²) >= 11 is 0. The molecular formula is C17H26N2O3S. The van der Waals surface area contributed by atoms with Crippen LogP contribution in [-0.4, -0.2) is 45.1 Å². The third-order valence-corrected chi connectivity index (χ3v) is 4.86. The Bertz CT molecular complexity index is 630. The first-order valence-electron chi connectivity index (χ1n) is 8.07. The van der Waals surface area contributed by atoms with Crippen molar-refractivity contribution in [3.8, 4) is 0 Å². The van der Waals surface area contributed by atoms with E-state index < -0.39 is 10.0 Å². The maximum absolute atomic E-state index is 12.6. The van der Waals surface area contributed by atoms with E-state index in [0.717, 1.165) is 24.9 Å². The van der Waals surface area contributed by atoms with Gasteiger partial charge in [-0.15, -0.1) is 0 Å². The number of piperidine rings is 1. The highest BCUT2D eigenvalue weighted by Gasteiger charge is 2.25. The standard InChI is InChI=1S/C17H26N2O3S/c1-13-10-14(2)12-19(11-13)17(20)16-6-4-15(5-7-16)8-9-18-23(3,21)22/h4-7,13-14,18H,8-12H2,1-3H3/t13-,14-/m1/s1. The first-order valence-corrected chi connectivity index (χ1v) is 9.96. The number of carbonyl (C=O) groups is 1. The van der Waals surface area contributed by atoms with Gasteiger partial charge in [-0.1, -0.05) is 26.0 Å². The summed E-state index contributed by atoms with van der Waals surface area (Å²) < 4.78 is 24.5. The molecule has 1 aromatic rings. The van der Waals surface area contributed by atoms with Crippen LogP contribution in [-0.2, 0) is 16.4 Å². The third-order valence-electron chi connectivity index (χ3n) is 4.13. The van der Waals surface area contributed by atoms with E-state index in [1.54, 1.807) is 0 Å². The van der Waals surface area contributed by atoms with E-state index in [0.29, 0.717) is 30.4 Å². The van der Waals surface area contributed by atoms with Gasteiger partial charge in [0.15, 0.2) is 0 Å². The second-order valence-electron chi connectivity index (χ2n) is 6.77. The van der Waals surface area contributed by atoms with Crippen molar-refractivity contribution in [1.82, 2.24) is 9.62 Å². The number of rotatable bonds is 5. The fourth-order valence-electron chi connectivity index (χ4n) is 3.21. The van der Waals surface area contributed by atoms with Crippen molar-refractivity contribution in [3.05, 3.63) is 35.4 Å². The van der Waals surface area contributed by atoms with Crippen LogP contribution >= 0.6 is 0 Å². The fraction of sp³-hybridized carbons (Fsp3) is 0.588. The van der Waals surface area contributed by atoms with Crippen LogP contribution < -0.4 is 4.72 Å². The lowest BCUT2D eigenvalue weighted by Gasteiger charge is -2.35. The molecule has 1 fully saturated rings. The molecule has 1 amide bonds. The molecule has 1 saturated heterocycles. The van der Waals surface area contributed by atoms with Gasteiger partial charge in [-0.25, -0.2) is 13.1 Å². The van der Waals surface area contributed by atoms with Gasteiger partial charge < -0.3 is 4.90 Å². The molecule has 2 atom stereocenters. The maximum Gasteiger partial charge on any atom is 0.253 e. The van der Waals surface area contributed by atoms with E-state index in [2.05, 4.69) is 18.6 Å². The summed E-state index contributed by atoms with van der Waals surface area (Å²) in [6.45, 7) is 6.39. The zero-order valence-electron chi connectivity index (χ0n) is 14.1. The Kier molecular flexibility index (Phi) is 5.81. The quantitative estimate of drug-likeness (QED) is 0.892. The van der Waals surface area contributed by atoms with E-state index in [4.69, 9.17) is 0 Å². The van der Waals surface area contributed by atoms with E-state index in [-0.39, 0.29) is 5.91 Å². The average molecular weight is 338 g/mol. The van der Waals surface area contributed by atoms with Gasteiger partial charge in [0.25, 0.3) is 5.91 Å². The van der Waals surface area contributed by atoms with Crippen molar-refractivity contribution in [2.75, 3.05) is 25.9 Å². The molecular weight excluding hydrogens is 312 g/mol. The van der Waals surface area contributed by atoms with Crippen LogP contribution in [0.4, 0.5) is 0 Å². The molecule has 1 aromatic carbocycles. The summed E-state index contributed by atoms with van der Waals surface area (Å²) in [7, 11) is -3.15. The van der Waals surface area contributed by atoms with Crippen molar-refractivity contribution >= 4 is 15.9 Å². The minimum atomic E-state index is -3.15. The Morgan fingerprint density at radius 1 is 1.17 bits per heavy atom. The van der Waals surface area contributed by atoms with Gasteiger partial charge in [-0.05, 0) is 42.4 Å². The molecule has 1 N–H and O–H groups in total. The minimum Gasteiger partial charge on any atom is -0.338 e. The lowest BCUT2D eigenvalue weighted by Crippen LogP contribution is -2.42. The molecule has 0 unspecified atom stereocenters. The molecule has 0 aliphatic carbocycles. The van der Waals surface area contributed by atoms with Gasteiger partial charge in [0.1, 0.15) is 0 Å². The molecule has 0 saturated carbocycles. The highest BCUT2D eigenvalue weighted by molar-refractivity contribution is 7.88. The lowest BCUT2D eigenvalue weighted by atomic mass is 9.91. The summed E-state index contributed by atoms with van der Waals surface area (Å²) in [4.78, 5) is 14.5. The predicted molar refractivity (Wildman–Crippen MR) is 91.8 cm³/mol. The second kappa shape index (κ2) is 7.45. The number of nitrogens with one attached hydrogen (secondary N) is 1. The van der Waals surface area contributed by atoms with Crippen molar-refractivity contribution in [2.24, 2.45) is 11.8 Å². The molecule has 128 valence electrons. The van der Waals surface area contributed by atoms with E-state index in [1.165, 1.54) is 6.42 Å². The van der Waals surface area contributed by atoms with E-state index >= 15 is 0 Å². The summed E-state index contributed by atoms with van der Waals surface area (Å²) in [5, 5.41) is 0. The van der Waals surface area contributed by atoms with Crippen molar-refractivity contribution < 1.29 is 13.2 Å². The largest absolute Gasteiger partial charge is 0.338 e. The number of carbonyl (C=O) groups excluding carboxylic acids is 1. The Hall–Kier alpha value is -1.40. The molecule has 0 radical (unpaired) electrons. The number of hydrogen-bond acceptors (Lipinski definition) is 3. The number of nitrogens with zero attached hydrogens (tertiary/aromatic N) is 1. The minimum absolute atomic E-state index is 0.0872. The summed E-state index contributed by atoms with van der Waals surface area (Å²) in [5.74, 6) is 1.18. The first-order chi connectivity index (χ1) is 10.7. The van der Waals surface area contributed by atoms with Crippen LogP contribution in [0, 0.1) is 11.8 Å². The maximum atomic E-state index is 12.6. The highest BCUT2D eigenvalue weighted by atomic mass is 32.2. The van der Waals surface area contributed by atoms with Gasteiger partial charge in [0.2, 0.25) is 10.0 Å². The molecule has 1 heterocycles. The van der Waals surface area contributed by atoms with Gasteiger partial charge in [-0.3, -0.25) is 4.79 Å². The van der Waals surface area contributed by atoms with Crippen LogP contribution in [0.25, 0.3) is 0 Å². The van der Waals surface area contributed by atoms with Crippen molar-refractivity contribution in [3.63, 3.8) is 0 Å². The van der Waals surface area contributed by atoms with Crippen LogP contribution in [0.15, 0.2) is 24.3 Å². The zero-order chi connectivity index (χ0) is 17.0. The van der Waals surface area contributed by atoms with Gasteiger partial charge in [-0.2, -0.15) is 0 Å². The Labute approximate surface area is 139 Å². The van der Waals surface area contributed by atoms with E-state index in [9.17, 15) is 13.2 Å². The molecule has 0 spiro atoms. The zero-order valence-corrected chi connectivity index (χ0v) is 14.9. The monoisotopic (exact) mass is 338 g/mol. The van der Waals surface area contributed by atoms with Gasteiger partial charge >= 0.3 is 0 Å². The molecule has 6 heteroatoms. The molecule has 1 aliphatic rings. The fourth-order valence-corrected chi connectivity index (χ4v) is 3.68. The molecule has 23 heavy (non-hydrogen) atoms. The molecule has 0 aromatic heterocycles. The van der Waals surface area contributed by atoms with Crippen LogP contribution in [0.5, 0.6) is 0 Å². The number of sulfonamides is 1. The molecule has 1 aliphatic heterocycles. The van der Waals surface area contributed by atoms with Gasteiger partial charge in [0, 0.05) is 25.2 Å². The van der Waals surface area contributed by atoms with Crippen LogP contribution in [0.1, 0.15) is 36.2 Å². The molecule has 5 nitrogen and oxygen atoms in total. The number of amides is 1. The molecule has 2 rings (SSSR count). The van der Waals surface area contributed by atoms with Crippen LogP contribution in [0.2, 0.25) is 0 Å². The second-order valence-corrected chi connectivity index (χ2v) is 8.60. The lowest BCUT2D eigenvalue weighted by molar-refractivity contribution is 0.0623. The van der Waals surface area contributed by atoms with Crippen molar-refractivity contribution in [2.45, 2.75) is 26.7 Å². The summed E-state index contributed by atoms with van der Waals surface area (Å²) in [6, 6.07) is 7.46. The topological polar surface area (TPSA) is 66.5 Å². The average Bonchev–Trinajstić information content (AvgIpc) is 2.45. The Morgan fingerprint density at radius 3 is 2.26 bits per heavy atom.